The maximum Gasteiger partial charge on any atom is 0.245 e. The van der Waals surface area contributed by atoms with Crippen molar-refractivity contribution in [2.75, 3.05) is 39.3 Å². The lowest BCUT2D eigenvalue weighted by Crippen LogP contribution is -2.63. The molecule has 2 aliphatic heterocycles. The van der Waals surface area contributed by atoms with Crippen molar-refractivity contribution in [3.8, 4) is 0 Å². The normalized spacial score (nSPS) is 17.8. The van der Waals surface area contributed by atoms with Crippen LogP contribution in [0.5, 0.6) is 0 Å². The summed E-state index contributed by atoms with van der Waals surface area (Å²) in [5, 5.41) is 8.47. The molecular formula is C32H51N7O5. The van der Waals surface area contributed by atoms with Gasteiger partial charge < -0.3 is 37.2 Å². The van der Waals surface area contributed by atoms with Crippen LogP contribution < -0.4 is 27.4 Å². The molecule has 1 aromatic carbocycles. The van der Waals surface area contributed by atoms with Gasteiger partial charge >= 0.3 is 0 Å². The molecule has 2 fully saturated rings. The third-order valence-electron chi connectivity index (χ3n) is 8.65. The van der Waals surface area contributed by atoms with Crippen LogP contribution in [0.2, 0.25) is 0 Å². The van der Waals surface area contributed by atoms with Crippen LogP contribution in [0, 0.1) is 11.3 Å². The van der Waals surface area contributed by atoms with Crippen molar-refractivity contribution in [2.24, 2.45) is 22.8 Å². The van der Waals surface area contributed by atoms with Gasteiger partial charge in [-0.1, -0.05) is 44.2 Å². The largest absolute Gasteiger partial charge is 0.343 e. The first kappa shape index (κ1) is 35.0. The second kappa shape index (κ2) is 16.5. The maximum absolute atomic E-state index is 13.7. The molecule has 5 amide bonds. The number of carbonyl (C=O) groups excluding carboxylic acids is 5. The Morgan fingerprint density at radius 3 is 2.02 bits per heavy atom. The predicted octanol–water partition coefficient (Wildman–Crippen LogP) is 0.288. The van der Waals surface area contributed by atoms with Crippen LogP contribution in [0.4, 0.5) is 0 Å². The van der Waals surface area contributed by atoms with Gasteiger partial charge in [0.1, 0.15) is 18.1 Å². The van der Waals surface area contributed by atoms with Crippen LogP contribution in [-0.4, -0.2) is 96.7 Å². The predicted molar refractivity (Wildman–Crippen MR) is 168 cm³/mol. The van der Waals surface area contributed by atoms with Gasteiger partial charge in [-0.05, 0) is 56.6 Å². The fraction of sp³-hybridized carbons (Fsp3) is 0.656. The number of hydrogen-bond acceptors (Lipinski definition) is 7. The monoisotopic (exact) mass is 613 g/mol. The van der Waals surface area contributed by atoms with Gasteiger partial charge in [0, 0.05) is 44.9 Å². The van der Waals surface area contributed by atoms with E-state index in [1.54, 1.807) is 6.92 Å². The smallest absolute Gasteiger partial charge is 0.245 e. The summed E-state index contributed by atoms with van der Waals surface area (Å²) >= 11 is 0. The van der Waals surface area contributed by atoms with Crippen LogP contribution in [0.1, 0.15) is 64.9 Å². The summed E-state index contributed by atoms with van der Waals surface area (Å²) in [6.07, 6.45) is 4.04. The number of carbonyl (C=O) groups is 5. The Morgan fingerprint density at radius 2 is 1.45 bits per heavy atom. The number of likely N-dealkylation sites (tertiary alicyclic amines) is 2. The Balaban J connectivity index is 1.69. The first-order valence-electron chi connectivity index (χ1n) is 15.9. The van der Waals surface area contributed by atoms with Gasteiger partial charge in [0.2, 0.25) is 29.5 Å². The molecule has 3 atom stereocenters. The number of unbranched alkanes of at least 4 members (excludes halogenated alkanes) is 1. The summed E-state index contributed by atoms with van der Waals surface area (Å²) in [5.41, 5.74) is 12.1. The quantitative estimate of drug-likeness (QED) is 0.176. The van der Waals surface area contributed by atoms with Crippen LogP contribution in [0.25, 0.3) is 0 Å². The molecule has 0 aliphatic carbocycles. The summed E-state index contributed by atoms with van der Waals surface area (Å²) in [7, 11) is 0. The molecule has 12 heteroatoms. The van der Waals surface area contributed by atoms with Gasteiger partial charge in [-0.15, -0.1) is 0 Å². The van der Waals surface area contributed by atoms with Gasteiger partial charge in [0.25, 0.3) is 0 Å². The molecule has 1 spiro atoms. The van der Waals surface area contributed by atoms with Gasteiger partial charge in [-0.3, -0.25) is 24.0 Å². The van der Waals surface area contributed by atoms with Crippen molar-refractivity contribution in [2.45, 2.75) is 83.8 Å². The molecule has 0 bridgehead atoms. The lowest BCUT2D eigenvalue weighted by molar-refractivity contribution is -0.149. The standard InChI is InChI=1S/C32H51N7O5/c1-22(2)17-26(37-30(43)27(35-28(41)19-34)18-24-9-5-4-6-10-24)29(42)36-25(11-7-8-14-33)31(44)38-15-12-32(13-16-38)20-39(21-32)23(3)40/h4-6,9-10,22,25-27H,7-8,11-21,33-34H2,1-3H3,(H,35,41)(H,36,42)(H,37,43)/t25-,26-,27-/m1/s1. The van der Waals surface area contributed by atoms with E-state index >= 15 is 0 Å². The fourth-order valence-electron chi connectivity index (χ4n) is 6.03. The van der Waals surface area contributed by atoms with E-state index in [0.29, 0.717) is 38.9 Å². The number of piperidine rings is 1. The molecule has 244 valence electrons. The van der Waals surface area contributed by atoms with Crippen LogP contribution in [0.3, 0.4) is 0 Å². The second-order valence-corrected chi connectivity index (χ2v) is 12.8. The number of nitrogens with one attached hydrogen (secondary N) is 3. The molecule has 7 N–H and O–H groups in total. The van der Waals surface area contributed by atoms with Crippen molar-refractivity contribution >= 4 is 29.5 Å². The highest BCUT2D eigenvalue weighted by Crippen LogP contribution is 2.40. The summed E-state index contributed by atoms with van der Waals surface area (Å²) in [4.78, 5) is 68.4. The second-order valence-electron chi connectivity index (χ2n) is 12.8. The third kappa shape index (κ3) is 10.0. The lowest BCUT2D eigenvalue weighted by atomic mass is 9.72. The molecule has 3 rings (SSSR count). The van der Waals surface area contributed by atoms with E-state index in [-0.39, 0.29) is 36.1 Å². The molecule has 2 aliphatic rings. The summed E-state index contributed by atoms with van der Waals surface area (Å²) < 4.78 is 0. The zero-order valence-corrected chi connectivity index (χ0v) is 26.5. The Hall–Kier alpha value is -3.51. The minimum absolute atomic E-state index is 0.0685. The zero-order chi connectivity index (χ0) is 32.3. The van der Waals surface area contributed by atoms with E-state index in [1.165, 1.54) is 0 Å². The van der Waals surface area contributed by atoms with Crippen molar-refractivity contribution in [3.05, 3.63) is 35.9 Å². The molecule has 0 unspecified atom stereocenters. The number of rotatable bonds is 15. The van der Waals surface area contributed by atoms with Crippen molar-refractivity contribution in [3.63, 3.8) is 0 Å². The van der Waals surface area contributed by atoms with E-state index in [4.69, 9.17) is 11.5 Å². The maximum atomic E-state index is 13.7. The number of amides is 5. The SMILES string of the molecule is CC(=O)N1CC2(CCN(C(=O)[C@@H](CCCCN)NC(=O)[C@@H](CC(C)C)NC(=O)[C@@H](Cc3ccccc3)NC(=O)CN)CC2)C1. The molecule has 44 heavy (non-hydrogen) atoms. The Kier molecular flexibility index (Phi) is 13.1. The van der Waals surface area contributed by atoms with E-state index < -0.39 is 35.8 Å². The average molecular weight is 614 g/mol. The van der Waals surface area contributed by atoms with Crippen molar-refractivity contribution < 1.29 is 24.0 Å². The highest BCUT2D eigenvalue weighted by molar-refractivity contribution is 5.94. The van der Waals surface area contributed by atoms with Crippen LogP contribution >= 0.6 is 0 Å². The molecule has 0 saturated carbocycles. The van der Waals surface area contributed by atoms with E-state index in [2.05, 4.69) is 16.0 Å². The fourth-order valence-corrected chi connectivity index (χ4v) is 6.03. The molecule has 0 radical (unpaired) electrons. The molecule has 2 saturated heterocycles. The highest BCUT2D eigenvalue weighted by atomic mass is 16.2. The minimum Gasteiger partial charge on any atom is -0.343 e. The van der Waals surface area contributed by atoms with E-state index in [0.717, 1.165) is 37.9 Å². The molecule has 12 nitrogen and oxygen atoms in total. The third-order valence-corrected chi connectivity index (χ3v) is 8.65. The van der Waals surface area contributed by atoms with E-state index in [1.807, 2.05) is 54.0 Å². The number of benzene rings is 1. The molecular weight excluding hydrogens is 562 g/mol. The van der Waals surface area contributed by atoms with Gasteiger partial charge in [-0.25, -0.2) is 0 Å². The zero-order valence-electron chi connectivity index (χ0n) is 26.5. The van der Waals surface area contributed by atoms with Crippen molar-refractivity contribution in [1.29, 1.82) is 0 Å². The molecule has 1 aromatic rings. The average Bonchev–Trinajstić information content (AvgIpc) is 2.98. The number of nitrogens with zero attached hydrogens (tertiary/aromatic N) is 2. The number of nitrogens with two attached hydrogens (primary N) is 2. The van der Waals surface area contributed by atoms with Gasteiger partial charge in [0.05, 0.1) is 6.54 Å². The first-order chi connectivity index (χ1) is 21.0. The Labute approximate surface area is 261 Å². The summed E-state index contributed by atoms with van der Waals surface area (Å²) in [6.45, 7) is 8.29. The minimum atomic E-state index is -0.927. The molecule has 0 aromatic heterocycles. The van der Waals surface area contributed by atoms with Crippen LogP contribution in [0.15, 0.2) is 30.3 Å². The lowest BCUT2D eigenvalue weighted by Gasteiger charge is -2.54. The Bertz CT molecular complexity index is 1130. The van der Waals surface area contributed by atoms with E-state index in [9.17, 15) is 24.0 Å². The summed E-state index contributed by atoms with van der Waals surface area (Å²) in [6, 6.07) is 6.70. The first-order valence-corrected chi connectivity index (χ1v) is 15.9. The summed E-state index contributed by atoms with van der Waals surface area (Å²) in [5.74, 6) is -1.40. The van der Waals surface area contributed by atoms with Crippen molar-refractivity contribution in [1.82, 2.24) is 25.8 Å². The molecule has 2 heterocycles. The highest BCUT2D eigenvalue weighted by Gasteiger charge is 2.47. The van der Waals surface area contributed by atoms with Gasteiger partial charge in [0.15, 0.2) is 0 Å². The topological polar surface area (TPSA) is 180 Å². The van der Waals surface area contributed by atoms with Crippen LogP contribution in [-0.2, 0) is 30.4 Å². The van der Waals surface area contributed by atoms with Gasteiger partial charge in [-0.2, -0.15) is 0 Å². The number of hydrogen-bond donors (Lipinski definition) is 5. The Morgan fingerprint density at radius 1 is 0.841 bits per heavy atom.